The Balaban J connectivity index is 2.80. The Bertz CT molecular complexity index is 490. The van der Waals surface area contributed by atoms with Gasteiger partial charge in [0, 0.05) is 23.9 Å². The highest BCUT2D eigenvalue weighted by Crippen LogP contribution is 2.21. The van der Waals surface area contributed by atoms with Crippen LogP contribution in [0.4, 0.5) is 14.5 Å². The first-order chi connectivity index (χ1) is 8.93. The summed E-state index contributed by atoms with van der Waals surface area (Å²) in [5, 5.41) is 3.00. The molecule has 0 spiro atoms. The monoisotopic (exact) mass is 289 g/mol. The molecule has 0 saturated carbocycles. The number of hydrogen-bond acceptors (Lipinski definition) is 2. The number of nitrogens with one attached hydrogen (secondary N) is 1. The molecule has 1 amide bonds. The van der Waals surface area contributed by atoms with Crippen molar-refractivity contribution in [1.82, 2.24) is 0 Å². The normalized spacial score (nSPS) is 11.8. The van der Waals surface area contributed by atoms with E-state index in [0.717, 1.165) is 6.08 Å². The lowest BCUT2D eigenvalue weighted by atomic mass is 10.2. The molecule has 0 atom stereocenters. The van der Waals surface area contributed by atoms with Gasteiger partial charge in [-0.2, -0.15) is 0 Å². The van der Waals surface area contributed by atoms with E-state index in [-0.39, 0.29) is 5.57 Å². The number of carbonyl (C=O) groups is 1. The summed E-state index contributed by atoms with van der Waals surface area (Å²) >= 11 is 5.93. The number of halogens is 3. The van der Waals surface area contributed by atoms with Gasteiger partial charge in [-0.05, 0) is 36.3 Å². The second-order valence-corrected chi connectivity index (χ2v) is 4.32. The number of ether oxygens (including phenoxy) is 1. The van der Waals surface area contributed by atoms with Crippen molar-refractivity contribution < 1.29 is 18.3 Å². The van der Waals surface area contributed by atoms with Gasteiger partial charge < -0.3 is 10.1 Å². The largest absolute Gasteiger partial charge is 0.380 e. The fraction of sp³-hybridized carbons (Fsp3) is 0.308. The molecule has 0 unspecified atom stereocenters. The molecular weight excluding hydrogens is 276 g/mol. The van der Waals surface area contributed by atoms with Crippen LogP contribution >= 0.6 is 11.6 Å². The Labute approximate surface area is 115 Å². The highest BCUT2D eigenvalue weighted by Gasteiger charge is 2.08. The third-order valence-electron chi connectivity index (χ3n) is 2.32. The molecule has 0 aliphatic rings. The number of alkyl halides is 2. The molecule has 0 fully saturated rings. The summed E-state index contributed by atoms with van der Waals surface area (Å²) in [6.45, 7) is 1.50. The van der Waals surface area contributed by atoms with Crippen LogP contribution in [0, 0.1) is 0 Å². The minimum Gasteiger partial charge on any atom is -0.380 e. The Morgan fingerprint density at radius 3 is 2.79 bits per heavy atom. The number of benzene rings is 1. The van der Waals surface area contributed by atoms with Crippen LogP contribution in [0.1, 0.15) is 12.5 Å². The van der Waals surface area contributed by atoms with Crippen molar-refractivity contribution in [3.05, 3.63) is 40.4 Å². The molecule has 19 heavy (non-hydrogen) atoms. The van der Waals surface area contributed by atoms with Crippen molar-refractivity contribution in [1.29, 1.82) is 0 Å². The maximum atomic E-state index is 12.3. The zero-order chi connectivity index (χ0) is 14.4. The molecule has 1 aromatic rings. The first-order valence-corrected chi connectivity index (χ1v) is 5.86. The zero-order valence-electron chi connectivity index (χ0n) is 10.5. The van der Waals surface area contributed by atoms with Gasteiger partial charge >= 0.3 is 0 Å². The Morgan fingerprint density at radius 2 is 2.21 bits per heavy atom. The van der Waals surface area contributed by atoms with E-state index in [1.807, 2.05) is 0 Å². The molecule has 1 N–H and O–H groups in total. The molecule has 6 heteroatoms. The van der Waals surface area contributed by atoms with E-state index in [1.165, 1.54) is 14.0 Å². The molecule has 0 heterocycles. The van der Waals surface area contributed by atoms with Crippen LogP contribution in [0.25, 0.3) is 0 Å². The molecule has 0 aromatic heterocycles. The predicted octanol–water partition coefficient (Wildman–Crippen LogP) is 3.64. The molecule has 1 rings (SSSR count). The molecule has 0 bridgehead atoms. The quantitative estimate of drug-likeness (QED) is 0.841. The van der Waals surface area contributed by atoms with Crippen LogP contribution in [0.15, 0.2) is 29.8 Å². The van der Waals surface area contributed by atoms with Crippen molar-refractivity contribution in [2.24, 2.45) is 0 Å². The van der Waals surface area contributed by atoms with Gasteiger partial charge in [-0.3, -0.25) is 4.79 Å². The third kappa shape index (κ3) is 4.96. The van der Waals surface area contributed by atoms with E-state index in [9.17, 15) is 13.6 Å². The van der Waals surface area contributed by atoms with Gasteiger partial charge in [0.15, 0.2) is 0 Å². The highest BCUT2D eigenvalue weighted by atomic mass is 35.5. The Kier molecular flexibility index (Phi) is 5.92. The molecule has 0 aliphatic heterocycles. The number of carbonyl (C=O) groups excluding carboxylic acids is 1. The molecule has 0 saturated heterocycles. The van der Waals surface area contributed by atoms with Gasteiger partial charge in [0.1, 0.15) is 0 Å². The Hall–Kier alpha value is -1.46. The second kappa shape index (κ2) is 7.21. The van der Waals surface area contributed by atoms with Gasteiger partial charge in [0.05, 0.1) is 6.61 Å². The smallest absolute Gasteiger partial charge is 0.260 e. The van der Waals surface area contributed by atoms with Crippen molar-refractivity contribution in [3.63, 3.8) is 0 Å². The summed E-state index contributed by atoms with van der Waals surface area (Å²) in [6.07, 6.45) is -1.77. The molecule has 3 nitrogen and oxygen atoms in total. The lowest BCUT2D eigenvalue weighted by molar-refractivity contribution is -0.112. The van der Waals surface area contributed by atoms with Crippen LogP contribution in [0.3, 0.4) is 0 Å². The van der Waals surface area contributed by atoms with E-state index in [1.54, 1.807) is 18.2 Å². The summed E-state index contributed by atoms with van der Waals surface area (Å²) in [5.74, 6) is -0.608. The van der Waals surface area contributed by atoms with E-state index >= 15 is 0 Å². The highest BCUT2D eigenvalue weighted by molar-refractivity contribution is 6.31. The third-order valence-corrected chi connectivity index (χ3v) is 2.68. The second-order valence-electron chi connectivity index (χ2n) is 3.92. The van der Waals surface area contributed by atoms with E-state index < -0.39 is 12.3 Å². The number of amides is 1. The molecule has 0 aliphatic carbocycles. The van der Waals surface area contributed by atoms with Crippen LogP contribution in [-0.4, -0.2) is 19.4 Å². The summed E-state index contributed by atoms with van der Waals surface area (Å²) in [7, 11) is 1.52. The summed E-state index contributed by atoms with van der Waals surface area (Å²) in [5.41, 5.74) is 0.889. The number of hydrogen-bond donors (Lipinski definition) is 1. The van der Waals surface area contributed by atoms with E-state index in [0.29, 0.717) is 22.9 Å². The summed E-state index contributed by atoms with van der Waals surface area (Å²) in [4.78, 5) is 11.5. The number of rotatable bonds is 5. The number of allylic oxidation sites excluding steroid dienone is 1. The van der Waals surface area contributed by atoms with E-state index in [4.69, 9.17) is 16.3 Å². The average molecular weight is 290 g/mol. The molecule has 0 radical (unpaired) electrons. The van der Waals surface area contributed by atoms with Gasteiger partial charge in [-0.15, -0.1) is 0 Å². The first kappa shape index (κ1) is 15.6. The predicted molar refractivity (Wildman–Crippen MR) is 70.6 cm³/mol. The van der Waals surface area contributed by atoms with Crippen molar-refractivity contribution in [3.8, 4) is 0 Å². The summed E-state index contributed by atoms with van der Waals surface area (Å²) in [6, 6.07) is 4.83. The SMILES string of the molecule is COCc1cc(NC(=O)/C=C(\C)C(F)F)ccc1Cl. The molecule has 104 valence electrons. The van der Waals surface area contributed by atoms with Crippen molar-refractivity contribution in [2.75, 3.05) is 12.4 Å². The van der Waals surface area contributed by atoms with Crippen molar-refractivity contribution in [2.45, 2.75) is 20.0 Å². The van der Waals surface area contributed by atoms with Gasteiger partial charge in [0.2, 0.25) is 5.91 Å². The minimum atomic E-state index is -2.64. The fourth-order valence-corrected chi connectivity index (χ4v) is 1.54. The van der Waals surface area contributed by atoms with Crippen LogP contribution in [-0.2, 0) is 16.1 Å². The van der Waals surface area contributed by atoms with Crippen LogP contribution < -0.4 is 5.32 Å². The van der Waals surface area contributed by atoms with Crippen LogP contribution in [0.2, 0.25) is 5.02 Å². The maximum Gasteiger partial charge on any atom is 0.260 e. The molecular formula is C13H14ClF2NO2. The van der Waals surface area contributed by atoms with Gasteiger partial charge in [-0.25, -0.2) is 8.78 Å². The number of methoxy groups -OCH3 is 1. The number of anilines is 1. The van der Waals surface area contributed by atoms with Gasteiger partial charge in [0.25, 0.3) is 6.43 Å². The lowest BCUT2D eigenvalue weighted by Gasteiger charge is -2.08. The van der Waals surface area contributed by atoms with Crippen LogP contribution in [0.5, 0.6) is 0 Å². The maximum absolute atomic E-state index is 12.3. The van der Waals surface area contributed by atoms with Gasteiger partial charge in [-0.1, -0.05) is 11.6 Å². The average Bonchev–Trinajstić information content (AvgIpc) is 2.33. The lowest BCUT2D eigenvalue weighted by Crippen LogP contribution is -2.10. The first-order valence-electron chi connectivity index (χ1n) is 5.48. The topological polar surface area (TPSA) is 38.3 Å². The Morgan fingerprint density at radius 1 is 1.53 bits per heavy atom. The zero-order valence-corrected chi connectivity index (χ0v) is 11.3. The fourth-order valence-electron chi connectivity index (χ4n) is 1.37. The molecule has 1 aromatic carbocycles. The minimum absolute atomic E-state index is 0.288. The standard InChI is InChI=1S/C13H14ClF2NO2/c1-8(13(15)16)5-12(18)17-10-3-4-11(14)9(6-10)7-19-2/h3-6,13H,7H2,1-2H3,(H,17,18)/b8-5+. The van der Waals surface area contributed by atoms with E-state index in [2.05, 4.69) is 5.32 Å². The van der Waals surface area contributed by atoms with Crippen molar-refractivity contribution >= 4 is 23.2 Å². The summed E-state index contributed by atoms with van der Waals surface area (Å²) < 4.78 is 29.5.